The Labute approximate surface area is 117 Å². The number of aromatic amines is 1. The Hall–Kier alpha value is -2.27. The highest BCUT2D eigenvalue weighted by atomic mass is 16.5. The first-order valence-electron chi connectivity index (χ1n) is 6.28. The van der Waals surface area contributed by atoms with Crippen molar-refractivity contribution < 1.29 is 9.47 Å². The summed E-state index contributed by atoms with van der Waals surface area (Å²) in [5.41, 5.74) is 2.13. The van der Waals surface area contributed by atoms with Crippen molar-refractivity contribution in [3.05, 3.63) is 46.2 Å². The van der Waals surface area contributed by atoms with Gasteiger partial charge in [-0.15, -0.1) is 0 Å². The first-order chi connectivity index (χ1) is 9.69. The van der Waals surface area contributed by atoms with E-state index in [-0.39, 0.29) is 5.56 Å². The van der Waals surface area contributed by atoms with Crippen LogP contribution in [0.3, 0.4) is 0 Å². The second-order valence-electron chi connectivity index (χ2n) is 4.32. The minimum atomic E-state index is -0.102. The minimum absolute atomic E-state index is 0.102. The fraction of sp³-hybridized carbons (Fsp3) is 0.267. The van der Waals surface area contributed by atoms with Crippen LogP contribution in [0.25, 0.3) is 11.3 Å². The molecule has 1 aromatic carbocycles. The van der Waals surface area contributed by atoms with Crippen molar-refractivity contribution in [3.8, 4) is 22.8 Å². The Bertz CT molecular complexity index is 650. The van der Waals surface area contributed by atoms with Crippen LogP contribution in [0.15, 0.2) is 35.1 Å². The SMILES string of the molecule is CNCc1ccc(-c2ccc(OC)cc2OC)[nH]c1=O. The van der Waals surface area contributed by atoms with Crippen molar-refractivity contribution in [2.24, 2.45) is 0 Å². The van der Waals surface area contributed by atoms with E-state index in [1.165, 1.54) is 0 Å². The van der Waals surface area contributed by atoms with Crippen LogP contribution in [0.1, 0.15) is 5.56 Å². The van der Waals surface area contributed by atoms with E-state index in [9.17, 15) is 4.79 Å². The number of H-pyrrole nitrogens is 1. The Morgan fingerprint density at radius 2 is 1.95 bits per heavy atom. The van der Waals surface area contributed by atoms with Crippen molar-refractivity contribution in [1.29, 1.82) is 0 Å². The van der Waals surface area contributed by atoms with E-state index in [2.05, 4.69) is 10.3 Å². The van der Waals surface area contributed by atoms with Crippen molar-refractivity contribution in [3.63, 3.8) is 0 Å². The molecule has 0 aliphatic rings. The van der Waals surface area contributed by atoms with Crippen LogP contribution in [-0.2, 0) is 6.54 Å². The number of hydrogen-bond donors (Lipinski definition) is 2. The summed E-state index contributed by atoms with van der Waals surface area (Å²) in [6.07, 6.45) is 0. The van der Waals surface area contributed by atoms with Gasteiger partial charge < -0.3 is 19.8 Å². The predicted octanol–water partition coefficient (Wildman–Crippen LogP) is 1.78. The molecule has 0 unspecified atom stereocenters. The second kappa shape index (κ2) is 6.25. The number of methoxy groups -OCH3 is 2. The van der Waals surface area contributed by atoms with Crippen LogP contribution in [0.2, 0.25) is 0 Å². The molecule has 0 amide bonds. The Balaban J connectivity index is 2.46. The molecule has 0 saturated heterocycles. The highest BCUT2D eigenvalue weighted by Crippen LogP contribution is 2.31. The van der Waals surface area contributed by atoms with Gasteiger partial charge in [0.25, 0.3) is 5.56 Å². The molecule has 0 fully saturated rings. The predicted molar refractivity (Wildman–Crippen MR) is 78.4 cm³/mol. The van der Waals surface area contributed by atoms with Gasteiger partial charge in [0, 0.05) is 23.7 Å². The fourth-order valence-corrected chi connectivity index (χ4v) is 2.01. The summed E-state index contributed by atoms with van der Waals surface area (Å²) in [6.45, 7) is 0.537. The molecule has 20 heavy (non-hydrogen) atoms. The zero-order valence-corrected chi connectivity index (χ0v) is 11.8. The lowest BCUT2D eigenvalue weighted by atomic mass is 10.1. The summed E-state index contributed by atoms with van der Waals surface area (Å²) in [5.74, 6) is 1.36. The molecule has 0 radical (unpaired) electrons. The average Bonchev–Trinajstić information content (AvgIpc) is 2.48. The van der Waals surface area contributed by atoms with Gasteiger partial charge in [-0.2, -0.15) is 0 Å². The van der Waals surface area contributed by atoms with Gasteiger partial charge in [-0.3, -0.25) is 4.79 Å². The second-order valence-corrected chi connectivity index (χ2v) is 4.32. The minimum Gasteiger partial charge on any atom is -0.497 e. The number of pyridine rings is 1. The molecule has 1 heterocycles. The van der Waals surface area contributed by atoms with Crippen LogP contribution < -0.4 is 20.3 Å². The molecule has 5 heteroatoms. The maximum absolute atomic E-state index is 12.0. The van der Waals surface area contributed by atoms with Gasteiger partial charge in [0.05, 0.1) is 19.9 Å². The molecule has 5 nitrogen and oxygen atoms in total. The average molecular weight is 274 g/mol. The molecule has 2 aromatic rings. The van der Waals surface area contributed by atoms with Crippen LogP contribution in [0, 0.1) is 0 Å². The third-order valence-electron chi connectivity index (χ3n) is 3.06. The third kappa shape index (κ3) is 2.83. The zero-order valence-electron chi connectivity index (χ0n) is 11.8. The summed E-state index contributed by atoms with van der Waals surface area (Å²) in [6, 6.07) is 9.17. The maximum atomic E-state index is 12.0. The molecule has 2 N–H and O–H groups in total. The lowest BCUT2D eigenvalue weighted by Gasteiger charge is -2.11. The Morgan fingerprint density at radius 3 is 2.55 bits per heavy atom. The van der Waals surface area contributed by atoms with Crippen molar-refractivity contribution in [2.45, 2.75) is 6.54 Å². The van der Waals surface area contributed by atoms with E-state index < -0.39 is 0 Å². The molecule has 0 aliphatic heterocycles. The van der Waals surface area contributed by atoms with Crippen LogP contribution in [-0.4, -0.2) is 26.3 Å². The summed E-state index contributed by atoms with van der Waals surface area (Å²) < 4.78 is 10.5. The standard InChI is InChI=1S/C15H18N2O3/c1-16-9-10-4-7-13(17-15(10)18)12-6-5-11(19-2)8-14(12)20-3/h4-8,16H,9H2,1-3H3,(H,17,18). The van der Waals surface area contributed by atoms with Gasteiger partial charge >= 0.3 is 0 Å². The van der Waals surface area contributed by atoms with Gasteiger partial charge in [0.15, 0.2) is 0 Å². The van der Waals surface area contributed by atoms with E-state index in [0.717, 1.165) is 5.56 Å². The quantitative estimate of drug-likeness (QED) is 0.872. The maximum Gasteiger partial charge on any atom is 0.252 e. The van der Waals surface area contributed by atoms with Gasteiger partial charge in [0.2, 0.25) is 0 Å². The van der Waals surface area contributed by atoms with Crippen LogP contribution in [0.5, 0.6) is 11.5 Å². The van der Waals surface area contributed by atoms with Gasteiger partial charge in [-0.25, -0.2) is 0 Å². The molecule has 0 aliphatic carbocycles. The number of nitrogens with one attached hydrogen (secondary N) is 2. The van der Waals surface area contributed by atoms with Crippen molar-refractivity contribution in [1.82, 2.24) is 10.3 Å². The van der Waals surface area contributed by atoms with E-state index in [4.69, 9.17) is 9.47 Å². The Kier molecular flexibility index (Phi) is 4.42. The number of hydrogen-bond acceptors (Lipinski definition) is 4. The molecule has 2 rings (SSSR count). The zero-order chi connectivity index (χ0) is 14.5. The van der Waals surface area contributed by atoms with Gasteiger partial charge in [-0.05, 0) is 25.2 Å². The first-order valence-corrected chi connectivity index (χ1v) is 6.28. The van der Waals surface area contributed by atoms with E-state index in [1.807, 2.05) is 24.3 Å². The lowest BCUT2D eigenvalue weighted by Crippen LogP contribution is -2.18. The largest absolute Gasteiger partial charge is 0.497 e. The van der Waals surface area contributed by atoms with Crippen LogP contribution in [0.4, 0.5) is 0 Å². The Morgan fingerprint density at radius 1 is 1.15 bits per heavy atom. The molecule has 1 aromatic heterocycles. The smallest absolute Gasteiger partial charge is 0.252 e. The normalized spacial score (nSPS) is 10.3. The summed E-state index contributed by atoms with van der Waals surface area (Å²) >= 11 is 0. The van der Waals surface area contributed by atoms with E-state index in [0.29, 0.717) is 29.3 Å². The van der Waals surface area contributed by atoms with Crippen LogP contribution >= 0.6 is 0 Å². The van der Waals surface area contributed by atoms with Gasteiger partial charge in [0.1, 0.15) is 11.5 Å². The molecule has 0 atom stereocenters. The third-order valence-corrected chi connectivity index (χ3v) is 3.06. The summed E-state index contributed by atoms with van der Waals surface area (Å²) in [7, 11) is 4.99. The molecule has 0 spiro atoms. The number of benzene rings is 1. The topological polar surface area (TPSA) is 63.4 Å². The van der Waals surface area contributed by atoms with E-state index >= 15 is 0 Å². The summed E-state index contributed by atoms with van der Waals surface area (Å²) in [5, 5.41) is 2.96. The van der Waals surface area contributed by atoms with Crippen molar-refractivity contribution >= 4 is 0 Å². The van der Waals surface area contributed by atoms with Gasteiger partial charge in [-0.1, -0.05) is 6.07 Å². The first kappa shape index (κ1) is 14.1. The molecular weight excluding hydrogens is 256 g/mol. The molecular formula is C15H18N2O3. The van der Waals surface area contributed by atoms with Crippen molar-refractivity contribution in [2.75, 3.05) is 21.3 Å². The number of rotatable bonds is 5. The lowest BCUT2D eigenvalue weighted by molar-refractivity contribution is 0.395. The fourth-order valence-electron chi connectivity index (χ4n) is 2.01. The molecule has 0 saturated carbocycles. The number of ether oxygens (including phenoxy) is 2. The van der Waals surface area contributed by atoms with E-state index in [1.54, 1.807) is 27.3 Å². The summed E-state index contributed by atoms with van der Waals surface area (Å²) in [4.78, 5) is 14.8. The monoisotopic (exact) mass is 274 g/mol. The highest BCUT2D eigenvalue weighted by molar-refractivity contribution is 5.68. The number of aromatic nitrogens is 1. The highest BCUT2D eigenvalue weighted by Gasteiger charge is 2.09. The molecule has 0 bridgehead atoms. The molecule has 106 valence electrons.